The highest BCUT2D eigenvalue weighted by Gasteiger charge is 2.14. The highest BCUT2D eigenvalue weighted by molar-refractivity contribution is 7.71. The number of hydrazone groups is 1. The summed E-state index contributed by atoms with van der Waals surface area (Å²) >= 11 is 5.17. The van der Waals surface area contributed by atoms with Gasteiger partial charge in [-0.1, -0.05) is 18.2 Å². The smallest absolute Gasteiger partial charge is 0.271 e. The number of aromatic hydroxyl groups is 1. The van der Waals surface area contributed by atoms with Crippen molar-refractivity contribution in [2.75, 3.05) is 0 Å². The number of pyridine rings is 1. The summed E-state index contributed by atoms with van der Waals surface area (Å²) < 4.78 is 1.38. The van der Waals surface area contributed by atoms with Gasteiger partial charge in [-0.05, 0) is 42.9 Å². The maximum absolute atomic E-state index is 12.2. The molecule has 2 heterocycles. The van der Waals surface area contributed by atoms with Crippen molar-refractivity contribution in [3.63, 3.8) is 0 Å². The first-order valence-electron chi connectivity index (χ1n) is 7.87. The molecule has 0 atom stereocenters. The summed E-state index contributed by atoms with van der Waals surface area (Å²) in [4.78, 5) is 30.5. The van der Waals surface area contributed by atoms with E-state index in [-0.39, 0.29) is 16.2 Å². The number of nitrogens with one attached hydrogen (secondary N) is 2. The van der Waals surface area contributed by atoms with Crippen molar-refractivity contribution >= 4 is 24.3 Å². The Bertz CT molecular complexity index is 1140. The second-order valence-electron chi connectivity index (χ2n) is 5.55. The van der Waals surface area contributed by atoms with Crippen LogP contribution in [-0.2, 0) is 0 Å². The summed E-state index contributed by atoms with van der Waals surface area (Å²) in [5.74, 6) is -0.851. The zero-order valence-corrected chi connectivity index (χ0v) is 15.0. The van der Waals surface area contributed by atoms with E-state index in [1.807, 2.05) is 19.1 Å². The van der Waals surface area contributed by atoms with Crippen LogP contribution in [0.2, 0.25) is 0 Å². The first-order valence-corrected chi connectivity index (χ1v) is 8.27. The third-order valence-electron chi connectivity index (χ3n) is 3.78. The summed E-state index contributed by atoms with van der Waals surface area (Å²) in [6, 6.07) is 10.3. The van der Waals surface area contributed by atoms with Crippen molar-refractivity contribution < 1.29 is 9.90 Å². The van der Waals surface area contributed by atoms with Crippen LogP contribution in [0, 0.1) is 11.7 Å². The van der Waals surface area contributed by atoms with Gasteiger partial charge in [0, 0.05) is 18.0 Å². The molecule has 2 aromatic heterocycles. The van der Waals surface area contributed by atoms with E-state index in [1.165, 1.54) is 29.1 Å². The third kappa shape index (κ3) is 3.82. The molecule has 0 spiro atoms. The van der Waals surface area contributed by atoms with Gasteiger partial charge in [0.25, 0.3) is 11.5 Å². The first kappa shape index (κ1) is 18.2. The van der Waals surface area contributed by atoms with Gasteiger partial charge < -0.3 is 5.11 Å². The van der Waals surface area contributed by atoms with Crippen molar-refractivity contribution in [2.45, 2.75) is 6.92 Å². The fraction of sp³-hybridized carbons (Fsp3) is 0.0556. The predicted octanol–water partition coefficient (Wildman–Crippen LogP) is 2.07. The number of H-pyrrole nitrogens is 1. The number of hydrogen-bond acceptors (Lipinski definition) is 6. The average molecular weight is 381 g/mol. The van der Waals surface area contributed by atoms with Crippen molar-refractivity contribution in [3.05, 3.63) is 80.6 Å². The number of aryl methyl sites for hydroxylation is 1. The summed E-state index contributed by atoms with van der Waals surface area (Å²) in [5, 5.41) is 14.3. The van der Waals surface area contributed by atoms with Crippen LogP contribution in [0.15, 0.2) is 58.7 Å². The van der Waals surface area contributed by atoms with Crippen LogP contribution in [-0.4, -0.2) is 31.8 Å². The van der Waals surface area contributed by atoms with E-state index >= 15 is 0 Å². The molecule has 136 valence electrons. The van der Waals surface area contributed by atoms with Crippen LogP contribution in [0.4, 0.5) is 0 Å². The van der Waals surface area contributed by atoms with E-state index in [1.54, 1.807) is 12.1 Å². The molecule has 3 aromatic rings. The van der Waals surface area contributed by atoms with E-state index in [2.05, 4.69) is 20.5 Å². The van der Waals surface area contributed by atoms with Gasteiger partial charge in [-0.2, -0.15) is 5.10 Å². The van der Waals surface area contributed by atoms with E-state index in [9.17, 15) is 14.7 Å². The molecule has 0 unspecified atom stereocenters. The van der Waals surface area contributed by atoms with Gasteiger partial charge in [0.1, 0.15) is 5.56 Å². The number of carbonyl (C=O) groups is 1. The summed E-state index contributed by atoms with van der Waals surface area (Å²) in [6.07, 6.45) is 4.02. The first-order chi connectivity index (χ1) is 13.0. The molecule has 1 aromatic carbocycles. The Labute approximate surface area is 158 Å². The SMILES string of the molecule is Cc1ccccc1-n1c(O)c(/C=N/NC(=O)c2ccncc2)c(=O)[nH]c1=S. The summed E-state index contributed by atoms with van der Waals surface area (Å²) in [7, 11) is 0. The van der Waals surface area contributed by atoms with E-state index in [4.69, 9.17) is 12.2 Å². The molecule has 9 heteroatoms. The molecule has 27 heavy (non-hydrogen) atoms. The molecule has 0 aliphatic carbocycles. The van der Waals surface area contributed by atoms with Gasteiger partial charge in [0.15, 0.2) is 4.77 Å². The Balaban J connectivity index is 1.96. The minimum Gasteiger partial charge on any atom is -0.494 e. The number of hydrogen-bond donors (Lipinski definition) is 3. The Morgan fingerprint density at radius 3 is 2.70 bits per heavy atom. The van der Waals surface area contributed by atoms with Gasteiger partial charge in [0.2, 0.25) is 5.88 Å². The Morgan fingerprint density at radius 2 is 2.00 bits per heavy atom. The molecule has 1 amide bonds. The third-order valence-corrected chi connectivity index (χ3v) is 4.06. The lowest BCUT2D eigenvalue weighted by molar-refractivity contribution is 0.0955. The number of nitrogens with zero attached hydrogens (tertiary/aromatic N) is 3. The Hall–Kier alpha value is -3.59. The highest BCUT2D eigenvalue weighted by atomic mass is 32.1. The lowest BCUT2D eigenvalue weighted by Gasteiger charge is -2.13. The molecule has 0 radical (unpaired) electrons. The lowest BCUT2D eigenvalue weighted by Crippen LogP contribution is -2.21. The van der Waals surface area contributed by atoms with Crippen LogP contribution >= 0.6 is 12.2 Å². The van der Waals surface area contributed by atoms with Crippen molar-refractivity contribution in [1.29, 1.82) is 0 Å². The van der Waals surface area contributed by atoms with Crippen LogP contribution < -0.4 is 11.0 Å². The zero-order chi connectivity index (χ0) is 19.4. The van der Waals surface area contributed by atoms with Crippen LogP contribution in [0.3, 0.4) is 0 Å². The molecular weight excluding hydrogens is 366 g/mol. The normalized spacial score (nSPS) is 10.9. The molecule has 0 saturated carbocycles. The maximum atomic E-state index is 12.2. The fourth-order valence-corrected chi connectivity index (χ4v) is 2.69. The Kier molecular flexibility index (Phi) is 5.23. The molecule has 0 aliphatic heterocycles. The van der Waals surface area contributed by atoms with E-state index in [0.29, 0.717) is 11.3 Å². The second-order valence-corrected chi connectivity index (χ2v) is 5.94. The van der Waals surface area contributed by atoms with E-state index in [0.717, 1.165) is 11.8 Å². The van der Waals surface area contributed by atoms with Crippen LogP contribution in [0.1, 0.15) is 21.5 Å². The standard InChI is InChI=1S/C18H15N5O3S/c1-11-4-2-3-5-14(11)23-17(26)13(16(25)21-18(23)27)10-20-22-15(24)12-6-8-19-9-7-12/h2-10,26H,1H3,(H,22,24)(H,21,25,27)/b20-10+. The zero-order valence-electron chi connectivity index (χ0n) is 14.2. The lowest BCUT2D eigenvalue weighted by atomic mass is 10.2. The van der Waals surface area contributed by atoms with E-state index < -0.39 is 11.5 Å². The van der Waals surface area contributed by atoms with Gasteiger partial charge >= 0.3 is 0 Å². The molecule has 3 rings (SSSR count). The quantitative estimate of drug-likeness (QED) is 0.364. The average Bonchev–Trinajstić information content (AvgIpc) is 2.66. The van der Waals surface area contributed by atoms with Gasteiger partial charge in [-0.15, -0.1) is 0 Å². The Morgan fingerprint density at radius 1 is 1.30 bits per heavy atom. The number of aromatic amines is 1. The minimum absolute atomic E-state index is 0.0461. The number of benzene rings is 1. The molecule has 8 nitrogen and oxygen atoms in total. The number of carbonyl (C=O) groups excluding carboxylic acids is 1. The maximum Gasteiger partial charge on any atom is 0.271 e. The molecule has 0 fully saturated rings. The van der Waals surface area contributed by atoms with Crippen molar-refractivity contribution in [1.82, 2.24) is 20.0 Å². The molecule has 0 aliphatic rings. The van der Waals surface area contributed by atoms with Crippen molar-refractivity contribution in [3.8, 4) is 11.6 Å². The molecular formula is C18H15N5O3S. The fourth-order valence-electron chi connectivity index (χ4n) is 2.42. The topological polar surface area (TPSA) is 112 Å². The monoisotopic (exact) mass is 381 g/mol. The van der Waals surface area contributed by atoms with Gasteiger partial charge in [0.05, 0.1) is 11.9 Å². The van der Waals surface area contributed by atoms with Crippen LogP contribution in [0.25, 0.3) is 5.69 Å². The van der Waals surface area contributed by atoms with Gasteiger partial charge in [-0.25, -0.2) is 5.43 Å². The highest BCUT2D eigenvalue weighted by Crippen LogP contribution is 2.21. The van der Waals surface area contributed by atoms with Crippen molar-refractivity contribution in [2.24, 2.45) is 5.10 Å². The number of amides is 1. The van der Waals surface area contributed by atoms with Crippen LogP contribution in [0.5, 0.6) is 5.88 Å². The number of aromatic nitrogens is 3. The van der Waals surface area contributed by atoms with Gasteiger partial charge in [-0.3, -0.25) is 24.1 Å². The summed E-state index contributed by atoms with van der Waals surface area (Å²) in [5.41, 5.74) is 3.36. The predicted molar refractivity (Wildman–Crippen MR) is 103 cm³/mol. The number of para-hydroxylation sites is 1. The molecule has 0 saturated heterocycles. The second kappa shape index (κ2) is 7.75. The largest absolute Gasteiger partial charge is 0.494 e. The minimum atomic E-state index is -0.621. The molecule has 3 N–H and O–H groups in total. The number of rotatable bonds is 4. The summed E-state index contributed by atoms with van der Waals surface area (Å²) in [6.45, 7) is 1.85. The molecule has 0 bridgehead atoms.